The van der Waals surface area contributed by atoms with Crippen LogP contribution < -0.4 is 10.6 Å². The fraction of sp³-hybridized carbons (Fsp3) is 0.200. The number of hydrogen-bond donors (Lipinski definition) is 2. The lowest BCUT2D eigenvalue weighted by molar-refractivity contribution is 1.20. The molecule has 0 radical (unpaired) electrons. The third-order valence-corrected chi connectivity index (χ3v) is 3.96. The van der Waals surface area contributed by atoms with Gasteiger partial charge in [0.05, 0.1) is 5.39 Å². The second kappa shape index (κ2) is 5.09. The van der Waals surface area contributed by atoms with E-state index in [1.54, 1.807) is 11.3 Å². The molecular weight excluding hydrogens is 268 g/mol. The third kappa shape index (κ3) is 2.44. The summed E-state index contributed by atoms with van der Waals surface area (Å²) in [4.78, 5) is 11.3. The zero-order valence-corrected chi connectivity index (χ0v) is 12.5. The number of anilines is 3. The zero-order valence-electron chi connectivity index (χ0n) is 11.7. The molecule has 2 aromatic heterocycles. The first-order chi connectivity index (χ1) is 9.65. The van der Waals surface area contributed by atoms with Crippen molar-refractivity contribution in [2.45, 2.75) is 13.8 Å². The molecule has 4 nitrogen and oxygen atoms in total. The Labute approximate surface area is 121 Å². The Kier molecular flexibility index (Phi) is 3.28. The van der Waals surface area contributed by atoms with E-state index < -0.39 is 0 Å². The Morgan fingerprint density at radius 3 is 2.70 bits per heavy atom. The van der Waals surface area contributed by atoms with Crippen LogP contribution in [0.5, 0.6) is 0 Å². The van der Waals surface area contributed by atoms with Gasteiger partial charge in [-0.2, -0.15) is 4.98 Å². The second-order valence-electron chi connectivity index (χ2n) is 4.72. The highest BCUT2D eigenvalue weighted by Crippen LogP contribution is 2.31. The van der Waals surface area contributed by atoms with Crippen LogP contribution in [0.4, 0.5) is 17.5 Å². The number of aryl methyl sites for hydroxylation is 2. The van der Waals surface area contributed by atoms with E-state index in [0.717, 1.165) is 21.7 Å². The predicted molar refractivity (Wildman–Crippen MR) is 86.2 cm³/mol. The Bertz CT molecular complexity index is 764. The summed E-state index contributed by atoms with van der Waals surface area (Å²) in [6, 6.07) is 10.4. The molecule has 20 heavy (non-hydrogen) atoms. The van der Waals surface area contributed by atoms with Crippen LogP contribution >= 0.6 is 11.3 Å². The van der Waals surface area contributed by atoms with Gasteiger partial charge in [-0.25, -0.2) is 4.98 Å². The van der Waals surface area contributed by atoms with Gasteiger partial charge in [-0.1, -0.05) is 12.1 Å². The summed E-state index contributed by atoms with van der Waals surface area (Å²) in [7, 11) is 1.83. The maximum absolute atomic E-state index is 4.53. The number of fused-ring (bicyclic) bond motifs is 1. The van der Waals surface area contributed by atoms with Crippen LogP contribution in [0.2, 0.25) is 0 Å². The van der Waals surface area contributed by atoms with Crippen LogP contribution in [0.15, 0.2) is 30.3 Å². The lowest BCUT2D eigenvalue weighted by atomic mass is 10.2. The molecule has 0 bridgehead atoms. The summed E-state index contributed by atoms with van der Waals surface area (Å²) in [5.74, 6) is 1.48. The van der Waals surface area contributed by atoms with E-state index in [-0.39, 0.29) is 0 Å². The van der Waals surface area contributed by atoms with Crippen molar-refractivity contribution in [3.63, 3.8) is 0 Å². The highest BCUT2D eigenvalue weighted by molar-refractivity contribution is 7.18. The lowest BCUT2D eigenvalue weighted by Gasteiger charge is -2.09. The third-order valence-electron chi connectivity index (χ3n) is 3.02. The summed E-state index contributed by atoms with van der Waals surface area (Å²) in [6.45, 7) is 4.16. The monoisotopic (exact) mass is 284 g/mol. The molecule has 0 atom stereocenters. The first kappa shape index (κ1) is 12.9. The summed E-state index contributed by atoms with van der Waals surface area (Å²) in [6.07, 6.45) is 0. The van der Waals surface area contributed by atoms with Crippen molar-refractivity contribution in [2.24, 2.45) is 0 Å². The van der Waals surface area contributed by atoms with Gasteiger partial charge in [0.25, 0.3) is 0 Å². The first-order valence-corrected chi connectivity index (χ1v) is 7.27. The van der Waals surface area contributed by atoms with Gasteiger partial charge in [0.2, 0.25) is 5.95 Å². The largest absolute Gasteiger partial charge is 0.357 e. The maximum Gasteiger partial charge on any atom is 0.225 e. The van der Waals surface area contributed by atoms with Crippen molar-refractivity contribution in [3.05, 3.63) is 40.8 Å². The van der Waals surface area contributed by atoms with Gasteiger partial charge in [-0.15, -0.1) is 11.3 Å². The molecule has 0 spiro atoms. The van der Waals surface area contributed by atoms with Crippen LogP contribution in [0.1, 0.15) is 10.4 Å². The molecule has 0 aliphatic rings. The molecule has 0 fully saturated rings. The molecule has 0 aliphatic carbocycles. The number of thiophene rings is 1. The van der Waals surface area contributed by atoms with E-state index in [4.69, 9.17) is 0 Å². The van der Waals surface area contributed by atoms with Crippen molar-refractivity contribution in [3.8, 4) is 0 Å². The molecule has 3 rings (SSSR count). The van der Waals surface area contributed by atoms with Crippen molar-refractivity contribution < 1.29 is 0 Å². The molecule has 102 valence electrons. The van der Waals surface area contributed by atoms with Gasteiger partial charge < -0.3 is 10.6 Å². The molecule has 3 aromatic rings. The van der Waals surface area contributed by atoms with E-state index in [9.17, 15) is 0 Å². The molecule has 0 unspecified atom stereocenters. The van der Waals surface area contributed by atoms with Gasteiger partial charge in [-0.05, 0) is 37.6 Å². The van der Waals surface area contributed by atoms with E-state index in [1.807, 2.05) is 19.2 Å². The Balaban J connectivity index is 2.09. The highest BCUT2D eigenvalue weighted by atomic mass is 32.1. The molecular formula is C15H16N4S. The summed E-state index contributed by atoms with van der Waals surface area (Å²) in [5.41, 5.74) is 2.26. The number of nitrogens with one attached hydrogen (secondary N) is 2. The molecule has 1 aromatic carbocycles. The predicted octanol–water partition coefficient (Wildman–Crippen LogP) is 4.09. The number of hydrogen-bond acceptors (Lipinski definition) is 5. The van der Waals surface area contributed by atoms with Gasteiger partial charge >= 0.3 is 0 Å². The quantitative estimate of drug-likeness (QED) is 0.760. The average molecular weight is 284 g/mol. The van der Waals surface area contributed by atoms with E-state index >= 15 is 0 Å². The normalized spacial score (nSPS) is 10.8. The van der Waals surface area contributed by atoms with Crippen molar-refractivity contribution >= 4 is 39.0 Å². The molecule has 0 saturated carbocycles. The number of aromatic nitrogens is 2. The van der Waals surface area contributed by atoms with Crippen LogP contribution in [0.3, 0.4) is 0 Å². The standard InChI is InChI=1S/C15H16N4S/c1-9-5-4-6-11(7-9)17-13-12-8-10(2)20-14(12)19-15(16-3)18-13/h4-8H,1-3H3,(H2,16,17,18,19). The van der Waals surface area contributed by atoms with Gasteiger partial charge in [0, 0.05) is 17.6 Å². The fourth-order valence-corrected chi connectivity index (χ4v) is 2.99. The summed E-state index contributed by atoms with van der Waals surface area (Å²) < 4.78 is 0. The molecule has 0 amide bonds. The van der Waals surface area contributed by atoms with Gasteiger partial charge in [-0.3, -0.25) is 0 Å². The Hall–Kier alpha value is -2.14. The van der Waals surface area contributed by atoms with Crippen LogP contribution in [0, 0.1) is 13.8 Å². The number of nitrogens with zero attached hydrogens (tertiary/aromatic N) is 2. The van der Waals surface area contributed by atoms with Crippen LogP contribution in [0.25, 0.3) is 10.2 Å². The van der Waals surface area contributed by atoms with E-state index in [1.165, 1.54) is 10.4 Å². The minimum Gasteiger partial charge on any atom is -0.357 e. The van der Waals surface area contributed by atoms with Gasteiger partial charge in [0.1, 0.15) is 10.6 Å². The van der Waals surface area contributed by atoms with Crippen molar-refractivity contribution in [1.82, 2.24) is 9.97 Å². The highest BCUT2D eigenvalue weighted by Gasteiger charge is 2.10. The van der Waals surface area contributed by atoms with Gasteiger partial charge in [0.15, 0.2) is 0 Å². The average Bonchev–Trinajstić information content (AvgIpc) is 2.79. The lowest BCUT2D eigenvalue weighted by Crippen LogP contribution is -2.00. The topological polar surface area (TPSA) is 49.8 Å². The summed E-state index contributed by atoms with van der Waals surface area (Å²) in [5, 5.41) is 7.46. The summed E-state index contributed by atoms with van der Waals surface area (Å²) >= 11 is 1.68. The van der Waals surface area contributed by atoms with E-state index in [0.29, 0.717) is 5.95 Å². The molecule has 5 heteroatoms. The zero-order chi connectivity index (χ0) is 14.1. The van der Waals surface area contributed by atoms with Crippen molar-refractivity contribution in [1.29, 1.82) is 0 Å². The fourth-order valence-electron chi connectivity index (χ4n) is 2.11. The minimum absolute atomic E-state index is 0.634. The number of rotatable bonds is 3. The number of benzene rings is 1. The van der Waals surface area contributed by atoms with Crippen LogP contribution in [-0.2, 0) is 0 Å². The molecule has 0 saturated heterocycles. The molecule has 0 aliphatic heterocycles. The van der Waals surface area contributed by atoms with Crippen molar-refractivity contribution in [2.75, 3.05) is 17.7 Å². The Morgan fingerprint density at radius 2 is 1.95 bits per heavy atom. The molecule has 2 heterocycles. The van der Waals surface area contributed by atoms with Crippen LogP contribution in [-0.4, -0.2) is 17.0 Å². The Morgan fingerprint density at radius 1 is 1.10 bits per heavy atom. The first-order valence-electron chi connectivity index (χ1n) is 6.45. The van der Waals surface area contributed by atoms with E-state index in [2.05, 4.69) is 52.6 Å². The molecule has 2 N–H and O–H groups in total. The second-order valence-corrected chi connectivity index (χ2v) is 5.95. The minimum atomic E-state index is 0.634. The SMILES string of the molecule is CNc1nc(Nc2cccc(C)c2)c2cc(C)sc2n1. The smallest absolute Gasteiger partial charge is 0.225 e. The maximum atomic E-state index is 4.53.